The van der Waals surface area contributed by atoms with E-state index in [2.05, 4.69) is 11.7 Å². The van der Waals surface area contributed by atoms with E-state index in [1.165, 1.54) is 0 Å². The lowest BCUT2D eigenvalue weighted by molar-refractivity contribution is -0.179. The first kappa shape index (κ1) is 17.4. The van der Waals surface area contributed by atoms with Gasteiger partial charge in [0.25, 0.3) is 0 Å². The van der Waals surface area contributed by atoms with Gasteiger partial charge in [-0.3, -0.25) is 4.79 Å². The Hall–Kier alpha value is -1.63. The molecule has 0 bridgehead atoms. The molecule has 0 aromatic heterocycles. The van der Waals surface area contributed by atoms with Crippen molar-refractivity contribution in [3.8, 4) is 0 Å². The molecular formula is C14H22O7. The molecule has 7 nitrogen and oxygen atoms in total. The monoisotopic (exact) mass is 302 g/mol. The molecule has 0 aromatic carbocycles. The quantitative estimate of drug-likeness (QED) is 0.432. The molecule has 1 aliphatic rings. The maximum Gasteiger partial charge on any atom is 0.348 e. The van der Waals surface area contributed by atoms with E-state index in [0.717, 1.165) is 32.1 Å². The number of cyclic esters (lactones) is 1. The molecule has 3 N–H and O–H groups in total. The highest BCUT2D eigenvalue weighted by molar-refractivity contribution is 5.97. The van der Waals surface area contributed by atoms with Crippen molar-refractivity contribution in [2.45, 2.75) is 63.6 Å². The minimum absolute atomic E-state index is 0.109. The number of carbonyl (C=O) groups is 3. The summed E-state index contributed by atoms with van der Waals surface area (Å²) in [6.45, 7) is 2.09. The number of ether oxygens (including phenoxy) is 1. The normalized spacial score (nSPS) is 28.4. The van der Waals surface area contributed by atoms with E-state index in [1.807, 2.05) is 0 Å². The van der Waals surface area contributed by atoms with Crippen LogP contribution in [0.5, 0.6) is 0 Å². The molecule has 0 spiro atoms. The van der Waals surface area contributed by atoms with Crippen molar-refractivity contribution < 1.29 is 34.4 Å². The summed E-state index contributed by atoms with van der Waals surface area (Å²) in [5.74, 6) is -5.68. The van der Waals surface area contributed by atoms with Gasteiger partial charge in [0, 0.05) is 0 Å². The molecule has 3 atom stereocenters. The van der Waals surface area contributed by atoms with E-state index < -0.39 is 35.5 Å². The highest BCUT2D eigenvalue weighted by Gasteiger charge is 2.64. The highest BCUT2D eigenvalue weighted by Crippen LogP contribution is 2.36. The zero-order valence-corrected chi connectivity index (χ0v) is 12.1. The van der Waals surface area contributed by atoms with Crippen LogP contribution in [0, 0.1) is 5.92 Å². The van der Waals surface area contributed by atoms with Crippen LogP contribution in [0.15, 0.2) is 0 Å². The van der Waals surface area contributed by atoms with Crippen molar-refractivity contribution in [1.82, 2.24) is 0 Å². The molecule has 1 rings (SSSR count). The third-order valence-corrected chi connectivity index (χ3v) is 3.86. The third-order valence-electron chi connectivity index (χ3n) is 3.86. The zero-order valence-electron chi connectivity index (χ0n) is 12.1. The number of rotatable bonds is 9. The Balaban J connectivity index is 2.64. The Morgan fingerprint density at radius 1 is 1.14 bits per heavy atom. The molecule has 0 unspecified atom stereocenters. The third kappa shape index (κ3) is 3.72. The van der Waals surface area contributed by atoms with Gasteiger partial charge < -0.3 is 20.1 Å². The van der Waals surface area contributed by atoms with Crippen molar-refractivity contribution in [3.05, 3.63) is 0 Å². The summed E-state index contributed by atoms with van der Waals surface area (Å²) >= 11 is 0. The van der Waals surface area contributed by atoms with E-state index >= 15 is 0 Å². The first-order valence-electron chi connectivity index (χ1n) is 7.24. The number of unbranched alkanes of at least 4 members (excludes halogenated alkanes) is 5. The van der Waals surface area contributed by atoms with Crippen LogP contribution < -0.4 is 0 Å². The van der Waals surface area contributed by atoms with Crippen LogP contribution in [0.2, 0.25) is 0 Å². The first-order chi connectivity index (χ1) is 9.85. The van der Waals surface area contributed by atoms with Crippen molar-refractivity contribution >= 4 is 17.9 Å². The Labute approximate surface area is 122 Å². The summed E-state index contributed by atoms with van der Waals surface area (Å²) in [6.07, 6.45) is 3.66. The van der Waals surface area contributed by atoms with Gasteiger partial charge >= 0.3 is 17.9 Å². The van der Waals surface area contributed by atoms with Crippen LogP contribution in [0.1, 0.15) is 51.9 Å². The molecule has 1 saturated heterocycles. The summed E-state index contributed by atoms with van der Waals surface area (Å²) in [5.41, 5.74) is -2.69. The van der Waals surface area contributed by atoms with E-state index in [0.29, 0.717) is 6.42 Å². The van der Waals surface area contributed by atoms with Gasteiger partial charge in [0.15, 0.2) is 0 Å². The van der Waals surface area contributed by atoms with Gasteiger partial charge in [0.2, 0.25) is 11.7 Å². The van der Waals surface area contributed by atoms with Crippen LogP contribution in [0.4, 0.5) is 0 Å². The van der Waals surface area contributed by atoms with Crippen LogP contribution >= 0.6 is 0 Å². The number of esters is 1. The molecule has 0 saturated carbocycles. The minimum atomic E-state index is -2.69. The van der Waals surface area contributed by atoms with Crippen LogP contribution in [-0.2, 0) is 19.1 Å². The van der Waals surface area contributed by atoms with E-state index in [9.17, 15) is 19.5 Å². The number of carbonyl (C=O) groups excluding carboxylic acids is 1. The van der Waals surface area contributed by atoms with E-state index in [-0.39, 0.29) is 6.42 Å². The number of hydrogen-bond acceptors (Lipinski definition) is 5. The van der Waals surface area contributed by atoms with Crippen molar-refractivity contribution in [3.63, 3.8) is 0 Å². The zero-order chi connectivity index (χ0) is 16.0. The number of aliphatic hydroxyl groups is 1. The number of carboxylic acids is 2. The standard InChI is InChI=1S/C14H22O7/c1-2-3-4-5-6-7-8-9-12(17)21-10(11(15)16)14(9,20)13(18)19/h9-10,20H,2-8H2,1H3,(H,15,16)(H,18,19)/t9-,10+,14-/m1/s1. The topological polar surface area (TPSA) is 121 Å². The highest BCUT2D eigenvalue weighted by atomic mass is 16.6. The molecule has 1 heterocycles. The van der Waals surface area contributed by atoms with Gasteiger partial charge in [0.1, 0.15) is 5.92 Å². The summed E-state index contributed by atoms with van der Waals surface area (Å²) in [6, 6.07) is 0. The fourth-order valence-corrected chi connectivity index (χ4v) is 2.62. The van der Waals surface area contributed by atoms with Gasteiger partial charge in [-0.2, -0.15) is 0 Å². The smallest absolute Gasteiger partial charge is 0.348 e. The fraction of sp³-hybridized carbons (Fsp3) is 0.786. The number of aliphatic carboxylic acids is 2. The average Bonchev–Trinajstić information content (AvgIpc) is 2.68. The molecule has 0 aromatic rings. The van der Waals surface area contributed by atoms with Crippen LogP contribution in [0.25, 0.3) is 0 Å². The lowest BCUT2D eigenvalue weighted by Gasteiger charge is -2.24. The largest absolute Gasteiger partial charge is 0.479 e. The van der Waals surface area contributed by atoms with Crippen LogP contribution in [0.3, 0.4) is 0 Å². The fourth-order valence-electron chi connectivity index (χ4n) is 2.62. The molecule has 1 aliphatic heterocycles. The second kappa shape index (κ2) is 7.40. The van der Waals surface area contributed by atoms with Gasteiger partial charge in [0.05, 0.1) is 0 Å². The maximum absolute atomic E-state index is 11.7. The Morgan fingerprint density at radius 2 is 1.71 bits per heavy atom. The molecule has 1 fully saturated rings. The Kier molecular flexibility index (Phi) is 6.14. The summed E-state index contributed by atoms with van der Waals surface area (Å²) in [7, 11) is 0. The maximum atomic E-state index is 11.7. The summed E-state index contributed by atoms with van der Waals surface area (Å²) in [4.78, 5) is 33.8. The molecule has 21 heavy (non-hydrogen) atoms. The summed E-state index contributed by atoms with van der Waals surface area (Å²) in [5, 5.41) is 28.2. The number of hydrogen-bond donors (Lipinski definition) is 3. The molecule has 0 aliphatic carbocycles. The lowest BCUT2D eigenvalue weighted by atomic mass is 9.82. The molecule has 7 heteroatoms. The molecule has 0 radical (unpaired) electrons. The predicted octanol–water partition coefficient (Wildman–Crippen LogP) is 1.18. The Bertz CT molecular complexity index is 406. The van der Waals surface area contributed by atoms with E-state index in [1.54, 1.807) is 0 Å². The Morgan fingerprint density at radius 3 is 2.24 bits per heavy atom. The van der Waals surface area contributed by atoms with E-state index in [4.69, 9.17) is 10.2 Å². The average molecular weight is 302 g/mol. The van der Waals surface area contributed by atoms with Gasteiger partial charge in [-0.25, -0.2) is 9.59 Å². The molecular weight excluding hydrogens is 280 g/mol. The second-order valence-corrected chi connectivity index (χ2v) is 5.39. The first-order valence-corrected chi connectivity index (χ1v) is 7.24. The number of carboxylic acid groups (broad SMARTS) is 2. The SMILES string of the molecule is CCCCCCCC[C@@H]1C(=O)O[C@@H](C(=O)O)[C@@]1(O)C(=O)O. The van der Waals surface area contributed by atoms with Crippen molar-refractivity contribution in [2.24, 2.45) is 5.92 Å². The lowest BCUT2D eigenvalue weighted by Crippen LogP contribution is -2.54. The van der Waals surface area contributed by atoms with Crippen molar-refractivity contribution in [1.29, 1.82) is 0 Å². The van der Waals surface area contributed by atoms with Gasteiger partial charge in [-0.1, -0.05) is 45.4 Å². The predicted molar refractivity (Wildman–Crippen MR) is 71.6 cm³/mol. The summed E-state index contributed by atoms with van der Waals surface area (Å²) < 4.78 is 4.54. The minimum Gasteiger partial charge on any atom is -0.479 e. The van der Waals surface area contributed by atoms with Crippen molar-refractivity contribution in [2.75, 3.05) is 0 Å². The van der Waals surface area contributed by atoms with Gasteiger partial charge in [-0.15, -0.1) is 0 Å². The second-order valence-electron chi connectivity index (χ2n) is 5.39. The van der Waals surface area contributed by atoms with Gasteiger partial charge in [-0.05, 0) is 6.42 Å². The van der Waals surface area contributed by atoms with Crippen LogP contribution in [-0.4, -0.2) is 44.9 Å². The molecule has 0 amide bonds. The molecule has 120 valence electrons.